The van der Waals surface area contributed by atoms with E-state index >= 15 is 0 Å². The van der Waals surface area contributed by atoms with Crippen molar-refractivity contribution in [3.05, 3.63) is 83.4 Å². The molecule has 28 heavy (non-hydrogen) atoms. The molecule has 1 aromatic heterocycles. The van der Waals surface area contributed by atoms with Gasteiger partial charge in [-0.1, -0.05) is 54.1 Å². The van der Waals surface area contributed by atoms with E-state index < -0.39 is 5.97 Å². The highest BCUT2D eigenvalue weighted by atomic mass is 35.5. The molecule has 4 aromatic carbocycles. The average Bonchev–Trinajstić information content (AvgIpc) is 3.09. The number of carbonyl (C=O) groups excluding carboxylic acids is 1. The third-order valence-electron chi connectivity index (χ3n) is 4.93. The molecule has 5 rings (SSSR count). The number of anilines is 1. The van der Waals surface area contributed by atoms with Gasteiger partial charge >= 0.3 is 5.97 Å². The zero-order chi connectivity index (χ0) is 19.3. The lowest BCUT2D eigenvalue weighted by Crippen LogP contribution is -2.10. The number of hydrogen-bond donors (Lipinski definition) is 2. The second kappa shape index (κ2) is 6.29. The van der Waals surface area contributed by atoms with Crippen LogP contribution in [-0.4, -0.2) is 11.0 Å². The second-order valence-electron chi connectivity index (χ2n) is 6.64. The molecular weight excluding hydrogens is 372 g/mol. The highest BCUT2D eigenvalue weighted by Gasteiger charge is 2.15. The molecule has 4 nitrogen and oxygen atoms in total. The van der Waals surface area contributed by atoms with Gasteiger partial charge < -0.3 is 15.5 Å². The fourth-order valence-corrected chi connectivity index (χ4v) is 3.76. The first-order chi connectivity index (χ1) is 13.6. The van der Waals surface area contributed by atoms with Gasteiger partial charge in [0.2, 0.25) is 0 Å². The standard InChI is InChI=1S/C23H15ClN2O2/c24-21-17(5-3-6-19(21)25)23(27)28-14-10-8-13-9-11-16-15-4-1-2-7-20(15)26-22(16)18(13)12-14/h1-12,26H,25H2. The molecule has 0 aliphatic heterocycles. The van der Waals surface area contributed by atoms with Crippen LogP contribution in [0.1, 0.15) is 10.4 Å². The quantitative estimate of drug-likeness (QED) is 0.224. The number of carbonyl (C=O) groups is 1. The van der Waals surface area contributed by atoms with E-state index in [0.717, 1.165) is 32.6 Å². The molecule has 0 bridgehead atoms. The Balaban J connectivity index is 1.61. The van der Waals surface area contributed by atoms with E-state index in [9.17, 15) is 4.79 Å². The maximum absolute atomic E-state index is 12.6. The molecular formula is C23H15ClN2O2. The Hall–Kier alpha value is -3.50. The molecule has 1 heterocycles. The van der Waals surface area contributed by atoms with Gasteiger partial charge in [0.05, 0.1) is 21.8 Å². The number of fused-ring (bicyclic) bond motifs is 5. The summed E-state index contributed by atoms with van der Waals surface area (Å²) in [4.78, 5) is 16.0. The number of benzene rings is 4. The molecule has 0 aliphatic carbocycles. The molecule has 0 saturated heterocycles. The van der Waals surface area contributed by atoms with Crippen LogP contribution in [0.15, 0.2) is 72.8 Å². The van der Waals surface area contributed by atoms with Gasteiger partial charge in [0.25, 0.3) is 0 Å². The van der Waals surface area contributed by atoms with Gasteiger partial charge in [-0.3, -0.25) is 0 Å². The number of H-pyrrole nitrogens is 1. The normalized spacial score (nSPS) is 11.3. The van der Waals surface area contributed by atoms with E-state index in [1.54, 1.807) is 24.3 Å². The van der Waals surface area contributed by atoms with Crippen LogP contribution >= 0.6 is 11.6 Å². The van der Waals surface area contributed by atoms with Crippen LogP contribution in [0.4, 0.5) is 5.69 Å². The van der Waals surface area contributed by atoms with E-state index in [1.807, 2.05) is 30.3 Å². The summed E-state index contributed by atoms with van der Waals surface area (Å²) in [6.45, 7) is 0. The number of ether oxygens (including phenoxy) is 1. The molecule has 3 N–H and O–H groups in total. The largest absolute Gasteiger partial charge is 0.423 e. The minimum Gasteiger partial charge on any atom is -0.423 e. The lowest BCUT2D eigenvalue weighted by atomic mass is 10.1. The Morgan fingerprint density at radius 2 is 1.71 bits per heavy atom. The number of aromatic amines is 1. The number of esters is 1. The first-order valence-electron chi connectivity index (χ1n) is 8.81. The number of nitrogens with one attached hydrogen (secondary N) is 1. The van der Waals surface area contributed by atoms with E-state index in [0.29, 0.717) is 11.4 Å². The van der Waals surface area contributed by atoms with Crippen LogP contribution in [-0.2, 0) is 0 Å². The number of nitrogens with two attached hydrogens (primary N) is 1. The third kappa shape index (κ3) is 2.58. The Morgan fingerprint density at radius 1 is 0.893 bits per heavy atom. The Labute approximate surface area is 165 Å². The fourth-order valence-electron chi connectivity index (χ4n) is 3.55. The maximum Gasteiger partial charge on any atom is 0.345 e. The zero-order valence-corrected chi connectivity index (χ0v) is 15.5. The number of nitrogen functional groups attached to an aromatic ring is 1. The molecule has 136 valence electrons. The highest BCUT2D eigenvalue weighted by molar-refractivity contribution is 6.36. The molecule has 0 saturated carbocycles. The number of halogens is 1. The molecule has 0 spiro atoms. The third-order valence-corrected chi connectivity index (χ3v) is 5.35. The van der Waals surface area contributed by atoms with Crippen LogP contribution < -0.4 is 10.5 Å². The summed E-state index contributed by atoms with van der Waals surface area (Å²) in [6, 6.07) is 22.8. The summed E-state index contributed by atoms with van der Waals surface area (Å²) in [5.41, 5.74) is 8.45. The van der Waals surface area contributed by atoms with Gasteiger partial charge in [-0.15, -0.1) is 0 Å². The van der Waals surface area contributed by atoms with Gasteiger partial charge in [-0.25, -0.2) is 4.79 Å². The van der Waals surface area contributed by atoms with Gasteiger partial charge in [0.1, 0.15) is 5.75 Å². The first-order valence-corrected chi connectivity index (χ1v) is 9.19. The molecule has 0 amide bonds. The molecule has 5 heteroatoms. The molecule has 0 aliphatic rings. The summed E-state index contributed by atoms with van der Waals surface area (Å²) < 4.78 is 5.57. The van der Waals surface area contributed by atoms with Gasteiger partial charge in [-0.05, 0) is 35.7 Å². The lowest BCUT2D eigenvalue weighted by molar-refractivity contribution is 0.0735. The topological polar surface area (TPSA) is 68.1 Å². The SMILES string of the molecule is Nc1cccc(C(=O)Oc2ccc3ccc4c5ccccc5[nH]c4c3c2)c1Cl. The Bertz CT molecular complexity index is 1390. The van der Waals surface area contributed by atoms with Crippen LogP contribution in [0.3, 0.4) is 0 Å². The monoisotopic (exact) mass is 386 g/mol. The number of hydrogen-bond acceptors (Lipinski definition) is 3. The minimum atomic E-state index is -0.541. The fraction of sp³-hybridized carbons (Fsp3) is 0. The predicted molar refractivity (Wildman–Crippen MR) is 114 cm³/mol. The number of rotatable bonds is 2. The summed E-state index contributed by atoms with van der Waals surface area (Å²) in [5, 5.41) is 4.53. The summed E-state index contributed by atoms with van der Waals surface area (Å²) in [6.07, 6.45) is 0. The zero-order valence-electron chi connectivity index (χ0n) is 14.7. The molecule has 0 unspecified atom stereocenters. The Morgan fingerprint density at radius 3 is 2.61 bits per heavy atom. The van der Waals surface area contributed by atoms with Crippen LogP contribution in [0.5, 0.6) is 5.75 Å². The van der Waals surface area contributed by atoms with Crippen molar-refractivity contribution in [2.45, 2.75) is 0 Å². The average molecular weight is 387 g/mol. The van der Waals surface area contributed by atoms with Gasteiger partial charge in [0, 0.05) is 21.7 Å². The van der Waals surface area contributed by atoms with Crippen molar-refractivity contribution in [3.63, 3.8) is 0 Å². The van der Waals surface area contributed by atoms with E-state index in [4.69, 9.17) is 22.1 Å². The molecule has 0 radical (unpaired) electrons. The van der Waals surface area contributed by atoms with Crippen molar-refractivity contribution in [1.29, 1.82) is 0 Å². The number of para-hydroxylation sites is 1. The lowest BCUT2D eigenvalue weighted by Gasteiger charge is -2.08. The van der Waals surface area contributed by atoms with Gasteiger partial charge in [-0.2, -0.15) is 0 Å². The van der Waals surface area contributed by atoms with Crippen molar-refractivity contribution >= 4 is 55.8 Å². The van der Waals surface area contributed by atoms with E-state index in [-0.39, 0.29) is 10.6 Å². The van der Waals surface area contributed by atoms with Crippen molar-refractivity contribution in [2.24, 2.45) is 0 Å². The minimum absolute atomic E-state index is 0.200. The van der Waals surface area contributed by atoms with Crippen molar-refractivity contribution in [3.8, 4) is 5.75 Å². The smallest absolute Gasteiger partial charge is 0.345 e. The first kappa shape index (κ1) is 16.7. The summed E-state index contributed by atoms with van der Waals surface area (Å²) >= 11 is 6.14. The predicted octanol–water partition coefficient (Wildman–Crippen LogP) is 5.93. The number of aromatic nitrogens is 1. The van der Waals surface area contributed by atoms with Crippen LogP contribution in [0.25, 0.3) is 32.6 Å². The van der Waals surface area contributed by atoms with E-state index in [1.165, 1.54) is 0 Å². The van der Waals surface area contributed by atoms with Crippen molar-refractivity contribution < 1.29 is 9.53 Å². The Kier molecular flexibility index (Phi) is 3.74. The summed E-state index contributed by atoms with van der Waals surface area (Å²) in [7, 11) is 0. The van der Waals surface area contributed by atoms with Crippen molar-refractivity contribution in [2.75, 3.05) is 5.73 Å². The second-order valence-corrected chi connectivity index (χ2v) is 7.02. The molecule has 5 aromatic rings. The molecule has 0 fully saturated rings. The molecule has 0 atom stereocenters. The highest BCUT2D eigenvalue weighted by Crippen LogP contribution is 2.33. The maximum atomic E-state index is 12.6. The van der Waals surface area contributed by atoms with Crippen molar-refractivity contribution in [1.82, 2.24) is 4.98 Å². The van der Waals surface area contributed by atoms with Crippen LogP contribution in [0.2, 0.25) is 5.02 Å². The van der Waals surface area contributed by atoms with E-state index in [2.05, 4.69) is 23.2 Å². The summed E-state index contributed by atoms with van der Waals surface area (Å²) in [5.74, 6) is -0.0948. The van der Waals surface area contributed by atoms with Gasteiger partial charge in [0.15, 0.2) is 0 Å². The van der Waals surface area contributed by atoms with Crippen LogP contribution in [0, 0.1) is 0 Å².